The average Bonchev–Trinajstić information content (AvgIpc) is 3.24. The van der Waals surface area contributed by atoms with Crippen molar-refractivity contribution in [3.8, 4) is 0 Å². The molecule has 2 saturated heterocycles. The summed E-state index contributed by atoms with van der Waals surface area (Å²) in [4.78, 5) is 29.5. The van der Waals surface area contributed by atoms with E-state index in [1.807, 2.05) is 11.8 Å². The van der Waals surface area contributed by atoms with Gasteiger partial charge in [-0.1, -0.05) is 6.92 Å². The van der Waals surface area contributed by atoms with Crippen LogP contribution in [0, 0.1) is 11.8 Å². The maximum atomic E-state index is 13.1. The molecule has 0 bridgehead atoms. The molecule has 0 spiro atoms. The van der Waals surface area contributed by atoms with Gasteiger partial charge < -0.3 is 15.1 Å². The molecule has 3 unspecified atom stereocenters. The fourth-order valence-corrected chi connectivity index (χ4v) is 4.09. The van der Waals surface area contributed by atoms with Crippen LogP contribution in [0.2, 0.25) is 0 Å². The predicted molar refractivity (Wildman–Crippen MR) is 80.7 cm³/mol. The first kappa shape index (κ1) is 14.8. The van der Waals surface area contributed by atoms with Gasteiger partial charge in [-0.3, -0.25) is 9.59 Å². The molecule has 21 heavy (non-hydrogen) atoms. The number of likely N-dealkylation sites (tertiary alicyclic amines) is 1. The highest BCUT2D eigenvalue weighted by molar-refractivity contribution is 5.94. The minimum Gasteiger partial charge on any atom is -0.342 e. The Morgan fingerprint density at radius 1 is 1.19 bits per heavy atom. The first-order valence-corrected chi connectivity index (χ1v) is 8.22. The molecule has 2 aliphatic heterocycles. The van der Waals surface area contributed by atoms with Gasteiger partial charge >= 0.3 is 0 Å². The molecular weight excluding hydrogens is 266 g/mol. The van der Waals surface area contributed by atoms with Crippen LogP contribution in [0.4, 0.5) is 0 Å². The molecule has 0 aromatic carbocycles. The van der Waals surface area contributed by atoms with Gasteiger partial charge in [0.2, 0.25) is 11.8 Å². The molecule has 2 heterocycles. The van der Waals surface area contributed by atoms with Crippen LogP contribution in [0.5, 0.6) is 0 Å². The minimum absolute atomic E-state index is 0.0285. The summed E-state index contributed by atoms with van der Waals surface area (Å²) in [6.45, 7) is 6.78. The molecule has 3 rings (SSSR count). The third-order valence-corrected chi connectivity index (χ3v) is 5.54. The number of hydrogen-bond acceptors (Lipinski definition) is 3. The maximum absolute atomic E-state index is 13.1. The van der Waals surface area contributed by atoms with Gasteiger partial charge in [-0.05, 0) is 51.6 Å². The topological polar surface area (TPSA) is 52.6 Å². The Morgan fingerprint density at radius 2 is 1.90 bits per heavy atom. The van der Waals surface area contributed by atoms with Crippen LogP contribution >= 0.6 is 0 Å². The average molecular weight is 293 g/mol. The van der Waals surface area contributed by atoms with Crippen LogP contribution in [0.1, 0.15) is 39.5 Å². The van der Waals surface area contributed by atoms with E-state index in [9.17, 15) is 9.59 Å². The van der Waals surface area contributed by atoms with E-state index in [2.05, 4.69) is 24.2 Å². The molecule has 5 heteroatoms. The van der Waals surface area contributed by atoms with Gasteiger partial charge in [-0.2, -0.15) is 0 Å². The first-order valence-electron chi connectivity index (χ1n) is 8.22. The van der Waals surface area contributed by atoms with Crippen LogP contribution in [0.25, 0.3) is 0 Å². The molecule has 1 N–H and O–H groups in total. The Bertz CT molecular complexity index is 449. The summed E-state index contributed by atoms with van der Waals surface area (Å²) in [5.41, 5.74) is -0.670. The molecular formula is C16H27N3O2. The van der Waals surface area contributed by atoms with Crippen LogP contribution < -0.4 is 5.32 Å². The molecule has 1 saturated carbocycles. The third kappa shape index (κ3) is 2.68. The van der Waals surface area contributed by atoms with Gasteiger partial charge in [0, 0.05) is 25.6 Å². The second-order valence-electron chi connectivity index (χ2n) is 7.37. The maximum Gasteiger partial charge on any atom is 0.248 e. The van der Waals surface area contributed by atoms with Gasteiger partial charge in [-0.15, -0.1) is 0 Å². The highest BCUT2D eigenvalue weighted by atomic mass is 16.2. The van der Waals surface area contributed by atoms with E-state index < -0.39 is 5.54 Å². The van der Waals surface area contributed by atoms with Crippen LogP contribution in [-0.2, 0) is 9.59 Å². The molecule has 0 radical (unpaired) electrons. The lowest BCUT2D eigenvalue weighted by Gasteiger charge is -2.43. The summed E-state index contributed by atoms with van der Waals surface area (Å²) >= 11 is 0. The number of nitrogens with zero attached hydrogens (tertiary/aromatic N) is 2. The van der Waals surface area contributed by atoms with Crippen molar-refractivity contribution < 1.29 is 9.59 Å². The normalized spacial score (nSPS) is 39.1. The Morgan fingerprint density at radius 3 is 2.52 bits per heavy atom. The van der Waals surface area contributed by atoms with Gasteiger partial charge in [0.1, 0.15) is 5.54 Å². The summed E-state index contributed by atoms with van der Waals surface area (Å²) in [5.74, 6) is 0.971. The van der Waals surface area contributed by atoms with Gasteiger partial charge in [0.15, 0.2) is 0 Å². The van der Waals surface area contributed by atoms with Gasteiger partial charge in [-0.25, -0.2) is 0 Å². The largest absolute Gasteiger partial charge is 0.342 e. The molecule has 3 fully saturated rings. The number of piperidine rings is 1. The standard InChI is InChI=1S/C16H27N3O2/c1-11-10-18(3)8-6-13(11)19-9-7-14(20)17-16(2,15(19)21)12-4-5-12/h11-13H,4-10H2,1-3H3,(H,17,20). The number of amides is 2. The lowest BCUT2D eigenvalue weighted by molar-refractivity contribution is -0.143. The molecule has 3 aliphatic rings. The third-order valence-electron chi connectivity index (χ3n) is 5.54. The number of carbonyl (C=O) groups excluding carboxylic acids is 2. The van der Waals surface area contributed by atoms with Crippen LogP contribution in [-0.4, -0.2) is 59.9 Å². The number of hydrogen-bond donors (Lipinski definition) is 1. The van der Waals surface area contributed by atoms with Crippen molar-refractivity contribution in [1.29, 1.82) is 0 Å². The van der Waals surface area contributed by atoms with Gasteiger partial charge in [0.25, 0.3) is 0 Å². The van der Waals surface area contributed by atoms with Crippen LogP contribution in [0.15, 0.2) is 0 Å². The van der Waals surface area contributed by atoms with Crippen molar-refractivity contribution in [3.63, 3.8) is 0 Å². The Hall–Kier alpha value is -1.10. The van der Waals surface area contributed by atoms with E-state index >= 15 is 0 Å². The number of rotatable bonds is 2. The smallest absolute Gasteiger partial charge is 0.248 e. The Balaban J connectivity index is 1.83. The summed E-state index contributed by atoms with van der Waals surface area (Å²) in [5, 5.41) is 3.02. The molecule has 0 aromatic rings. The lowest BCUT2D eigenvalue weighted by Crippen LogP contribution is -2.60. The molecule has 5 nitrogen and oxygen atoms in total. The van der Waals surface area contributed by atoms with Crippen molar-refractivity contribution in [2.24, 2.45) is 11.8 Å². The van der Waals surface area contributed by atoms with Crippen molar-refractivity contribution >= 4 is 11.8 Å². The second kappa shape index (κ2) is 5.27. The van der Waals surface area contributed by atoms with E-state index in [0.717, 1.165) is 32.4 Å². The first-order chi connectivity index (χ1) is 9.91. The second-order valence-corrected chi connectivity index (χ2v) is 7.37. The van der Waals surface area contributed by atoms with Crippen molar-refractivity contribution in [2.75, 3.05) is 26.7 Å². The predicted octanol–water partition coefficient (Wildman–Crippen LogP) is 0.844. The Kier molecular flexibility index (Phi) is 3.72. The van der Waals surface area contributed by atoms with E-state index in [1.165, 1.54) is 0 Å². The zero-order chi connectivity index (χ0) is 15.2. The molecule has 1 aliphatic carbocycles. The molecule has 0 aromatic heterocycles. The minimum atomic E-state index is -0.670. The molecule has 3 atom stereocenters. The molecule has 118 valence electrons. The van der Waals surface area contributed by atoms with E-state index in [0.29, 0.717) is 24.8 Å². The highest BCUT2D eigenvalue weighted by Crippen LogP contribution is 2.42. The fraction of sp³-hybridized carbons (Fsp3) is 0.875. The van der Waals surface area contributed by atoms with E-state index in [4.69, 9.17) is 0 Å². The summed E-state index contributed by atoms with van der Waals surface area (Å²) in [6, 6.07) is 0.277. The Labute approximate surface area is 127 Å². The monoisotopic (exact) mass is 293 g/mol. The van der Waals surface area contributed by atoms with Crippen molar-refractivity contribution in [2.45, 2.75) is 51.1 Å². The lowest BCUT2D eigenvalue weighted by atomic mass is 9.89. The van der Waals surface area contributed by atoms with Crippen LogP contribution in [0.3, 0.4) is 0 Å². The van der Waals surface area contributed by atoms with E-state index in [1.54, 1.807) is 0 Å². The summed E-state index contributed by atoms with van der Waals surface area (Å²) in [7, 11) is 2.14. The molecule has 2 amide bonds. The quantitative estimate of drug-likeness (QED) is 0.821. The zero-order valence-corrected chi connectivity index (χ0v) is 13.4. The summed E-state index contributed by atoms with van der Waals surface area (Å²) < 4.78 is 0. The number of nitrogens with one attached hydrogen (secondary N) is 1. The zero-order valence-electron chi connectivity index (χ0n) is 13.4. The highest BCUT2D eigenvalue weighted by Gasteiger charge is 2.52. The van der Waals surface area contributed by atoms with Gasteiger partial charge in [0.05, 0.1) is 0 Å². The van der Waals surface area contributed by atoms with Crippen molar-refractivity contribution in [1.82, 2.24) is 15.1 Å². The SMILES string of the molecule is CC1CN(C)CCC1N1CCC(=O)NC(C)(C2CC2)C1=O. The fourth-order valence-electron chi connectivity index (χ4n) is 4.09. The number of carbonyl (C=O) groups is 2. The van der Waals surface area contributed by atoms with E-state index in [-0.39, 0.29) is 17.9 Å². The van der Waals surface area contributed by atoms with Crippen molar-refractivity contribution in [3.05, 3.63) is 0 Å². The summed E-state index contributed by atoms with van der Waals surface area (Å²) in [6.07, 6.45) is 3.56.